The van der Waals surface area contributed by atoms with Gasteiger partial charge in [0.15, 0.2) is 11.5 Å². The summed E-state index contributed by atoms with van der Waals surface area (Å²) >= 11 is 0. The number of rotatable bonds is 10. The summed E-state index contributed by atoms with van der Waals surface area (Å²) in [7, 11) is 0. The molecule has 0 fully saturated rings. The van der Waals surface area contributed by atoms with Gasteiger partial charge in [0.05, 0.1) is 5.52 Å². The fraction of sp³-hybridized carbons (Fsp3) is 0.333. The lowest BCUT2D eigenvalue weighted by molar-refractivity contribution is 0.216. The third-order valence-electron chi connectivity index (χ3n) is 5.41. The molecule has 6 heteroatoms. The number of nitrogens with zero attached hydrogens (tertiary/aromatic N) is 2. The molecule has 6 nitrogen and oxygen atoms in total. The number of hydrogen-bond acceptors (Lipinski definition) is 6. The number of benzene rings is 2. The zero-order valence-corrected chi connectivity index (χ0v) is 19.7. The summed E-state index contributed by atoms with van der Waals surface area (Å²) in [6, 6.07) is 15.9. The molecule has 172 valence electrons. The van der Waals surface area contributed by atoms with E-state index in [2.05, 4.69) is 18.1 Å². The van der Waals surface area contributed by atoms with E-state index in [0.29, 0.717) is 24.7 Å². The Morgan fingerprint density at radius 3 is 2.42 bits per heavy atom. The summed E-state index contributed by atoms with van der Waals surface area (Å²) in [6.45, 7) is 8.79. The third kappa shape index (κ3) is 5.45. The topological polar surface area (TPSA) is 66.6 Å². The van der Waals surface area contributed by atoms with Crippen molar-refractivity contribution in [2.75, 3.05) is 13.2 Å². The summed E-state index contributed by atoms with van der Waals surface area (Å²) in [6.07, 6.45) is 3.09. The summed E-state index contributed by atoms with van der Waals surface area (Å²) < 4.78 is 23.5. The minimum absolute atomic E-state index is 0.452. The highest BCUT2D eigenvalue weighted by atomic mass is 16.5. The molecule has 0 atom stereocenters. The predicted octanol–water partition coefficient (Wildman–Crippen LogP) is 6.74. The molecule has 0 aliphatic heterocycles. The van der Waals surface area contributed by atoms with Crippen molar-refractivity contribution in [1.29, 1.82) is 0 Å². The van der Waals surface area contributed by atoms with E-state index in [-0.39, 0.29) is 0 Å². The molecular formula is C27H30N2O4. The van der Waals surface area contributed by atoms with Gasteiger partial charge in [-0.2, -0.15) is 0 Å². The van der Waals surface area contributed by atoms with Gasteiger partial charge < -0.3 is 18.7 Å². The average Bonchev–Trinajstić information content (AvgIpc) is 3.13. The van der Waals surface area contributed by atoms with Crippen molar-refractivity contribution in [3.05, 3.63) is 71.2 Å². The molecule has 2 aromatic heterocycles. The van der Waals surface area contributed by atoms with Gasteiger partial charge >= 0.3 is 0 Å². The highest BCUT2D eigenvalue weighted by Crippen LogP contribution is 2.36. The standard InChI is InChI=1S/C27H30N2O4/c1-5-6-10-21-16-23-24(17-25(21)31-14-13-30-22-11-8-7-9-12-22)28-18(2)15-26(23)32-27-19(3)29-33-20(27)4/h7-9,11-12,15-17H,5-6,10,13-14H2,1-4H3. The minimum Gasteiger partial charge on any atom is -0.490 e. The lowest BCUT2D eigenvalue weighted by Gasteiger charge is -2.16. The van der Waals surface area contributed by atoms with Crippen molar-refractivity contribution in [2.45, 2.75) is 47.0 Å². The number of pyridine rings is 1. The highest BCUT2D eigenvalue weighted by Gasteiger charge is 2.16. The first-order valence-corrected chi connectivity index (χ1v) is 11.4. The van der Waals surface area contributed by atoms with Crippen molar-refractivity contribution in [2.24, 2.45) is 0 Å². The second kappa shape index (κ2) is 10.4. The quantitative estimate of drug-likeness (QED) is 0.251. The van der Waals surface area contributed by atoms with Crippen LogP contribution >= 0.6 is 0 Å². The maximum absolute atomic E-state index is 6.26. The zero-order valence-electron chi connectivity index (χ0n) is 19.7. The van der Waals surface area contributed by atoms with Crippen LogP contribution in [0.15, 0.2) is 53.1 Å². The molecular weight excluding hydrogens is 416 g/mol. The summed E-state index contributed by atoms with van der Waals surface area (Å²) in [5.74, 6) is 3.72. The molecule has 0 amide bonds. The molecule has 2 aromatic carbocycles. The van der Waals surface area contributed by atoms with E-state index in [4.69, 9.17) is 23.7 Å². The fourth-order valence-corrected chi connectivity index (χ4v) is 3.73. The normalized spacial score (nSPS) is 11.0. The number of aryl methyl sites for hydroxylation is 4. The molecule has 0 bridgehead atoms. The van der Waals surface area contributed by atoms with Gasteiger partial charge in [0.2, 0.25) is 0 Å². The summed E-state index contributed by atoms with van der Waals surface area (Å²) in [5, 5.41) is 4.95. The van der Waals surface area contributed by atoms with Crippen LogP contribution in [0.5, 0.6) is 23.0 Å². The number of hydrogen-bond donors (Lipinski definition) is 0. The van der Waals surface area contributed by atoms with Crippen molar-refractivity contribution in [1.82, 2.24) is 10.1 Å². The van der Waals surface area contributed by atoms with Crippen LogP contribution in [-0.4, -0.2) is 23.4 Å². The first-order chi connectivity index (χ1) is 16.0. The minimum atomic E-state index is 0.452. The van der Waals surface area contributed by atoms with E-state index < -0.39 is 0 Å². The molecule has 0 radical (unpaired) electrons. The monoisotopic (exact) mass is 446 g/mol. The van der Waals surface area contributed by atoms with Crippen LogP contribution in [0.3, 0.4) is 0 Å². The molecule has 0 unspecified atom stereocenters. The zero-order chi connectivity index (χ0) is 23.2. The predicted molar refractivity (Wildman–Crippen MR) is 129 cm³/mol. The summed E-state index contributed by atoms with van der Waals surface area (Å²) in [5.41, 5.74) is 3.55. The Bertz CT molecular complexity index is 1200. The van der Waals surface area contributed by atoms with Gasteiger partial charge in [-0.25, -0.2) is 0 Å². The molecule has 0 saturated carbocycles. The van der Waals surface area contributed by atoms with Crippen LogP contribution in [0.25, 0.3) is 10.9 Å². The molecule has 0 spiro atoms. The number of fused-ring (bicyclic) bond motifs is 1. The van der Waals surface area contributed by atoms with Crippen LogP contribution in [0, 0.1) is 20.8 Å². The van der Waals surface area contributed by atoms with Crippen molar-refractivity contribution < 1.29 is 18.7 Å². The van der Waals surface area contributed by atoms with Gasteiger partial charge in [-0.3, -0.25) is 4.98 Å². The second-order valence-electron chi connectivity index (χ2n) is 8.11. The Morgan fingerprint density at radius 1 is 0.909 bits per heavy atom. The second-order valence-corrected chi connectivity index (χ2v) is 8.11. The van der Waals surface area contributed by atoms with E-state index in [1.54, 1.807) is 0 Å². The van der Waals surface area contributed by atoms with E-state index in [1.807, 2.05) is 63.2 Å². The molecule has 0 aliphatic rings. The Balaban J connectivity index is 1.61. The smallest absolute Gasteiger partial charge is 0.192 e. The van der Waals surface area contributed by atoms with Gasteiger partial charge in [-0.05, 0) is 50.5 Å². The number of aromatic nitrogens is 2. The van der Waals surface area contributed by atoms with Crippen LogP contribution in [-0.2, 0) is 6.42 Å². The highest BCUT2D eigenvalue weighted by molar-refractivity contribution is 5.88. The maximum Gasteiger partial charge on any atom is 0.192 e. The van der Waals surface area contributed by atoms with Crippen molar-refractivity contribution >= 4 is 10.9 Å². The number of para-hydroxylation sites is 1. The molecule has 4 rings (SSSR count). The lowest BCUT2D eigenvalue weighted by Crippen LogP contribution is -2.10. The Morgan fingerprint density at radius 2 is 1.70 bits per heavy atom. The fourth-order valence-electron chi connectivity index (χ4n) is 3.73. The van der Waals surface area contributed by atoms with Gasteiger partial charge in [0.25, 0.3) is 0 Å². The van der Waals surface area contributed by atoms with Gasteiger partial charge in [-0.15, -0.1) is 0 Å². The van der Waals surface area contributed by atoms with E-state index in [9.17, 15) is 0 Å². The molecule has 0 saturated heterocycles. The van der Waals surface area contributed by atoms with E-state index >= 15 is 0 Å². The Kier molecular flexibility index (Phi) is 7.13. The lowest BCUT2D eigenvalue weighted by atomic mass is 10.0. The Labute approximate surface area is 194 Å². The van der Waals surface area contributed by atoms with Crippen molar-refractivity contribution in [3.8, 4) is 23.0 Å². The maximum atomic E-state index is 6.26. The first kappa shape index (κ1) is 22.6. The summed E-state index contributed by atoms with van der Waals surface area (Å²) in [4.78, 5) is 4.74. The Hall–Kier alpha value is -3.54. The number of ether oxygens (including phenoxy) is 3. The molecule has 0 N–H and O–H groups in total. The van der Waals surface area contributed by atoms with E-state index in [1.165, 1.54) is 0 Å². The van der Waals surface area contributed by atoms with Gasteiger partial charge in [0, 0.05) is 30.1 Å². The van der Waals surface area contributed by atoms with Crippen LogP contribution in [0.1, 0.15) is 42.5 Å². The molecule has 4 aromatic rings. The van der Waals surface area contributed by atoms with Gasteiger partial charge in [-0.1, -0.05) is 36.7 Å². The van der Waals surface area contributed by atoms with Crippen molar-refractivity contribution in [3.63, 3.8) is 0 Å². The molecule has 2 heterocycles. The third-order valence-corrected chi connectivity index (χ3v) is 5.41. The SMILES string of the molecule is CCCCc1cc2c(Oc3c(C)noc3C)cc(C)nc2cc1OCCOc1ccccc1. The largest absolute Gasteiger partial charge is 0.490 e. The van der Waals surface area contributed by atoms with E-state index in [0.717, 1.165) is 64.4 Å². The number of unbranched alkanes of at least 4 members (excludes halogenated alkanes) is 1. The average molecular weight is 447 g/mol. The van der Waals surface area contributed by atoms with Crippen LogP contribution in [0.4, 0.5) is 0 Å². The van der Waals surface area contributed by atoms with Crippen LogP contribution < -0.4 is 14.2 Å². The van der Waals surface area contributed by atoms with Gasteiger partial charge in [0.1, 0.15) is 36.2 Å². The molecule has 33 heavy (non-hydrogen) atoms. The first-order valence-electron chi connectivity index (χ1n) is 11.4. The molecule has 0 aliphatic carbocycles. The van der Waals surface area contributed by atoms with Crippen LogP contribution in [0.2, 0.25) is 0 Å².